The maximum atomic E-state index is 13.2. The van der Waals surface area contributed by atoms with Crippen molar-refractivity contribution in [1.29, 1.82) is 0 Å². The number of ether oxygens (including phenoxy) is 6. The van der Waals surface area contributed by atoms with Crippen LogP contribution in [0.5, 0.6) is 34.5 Å². The lowest BCUT2D eigenvalue weighted by molar-refractivity contribution is -0.277. The Morgan fingerprint density at radius 2 is 1.67 bits per heavy atom. The Balaban J connectivity index is 1.55. The van der Waals surface area contributed by atoms with Crippen molar-refractivity contribution < 1.29 is 73.8 Å². The van der Waals surface area contributed by atoms with Crippen molar-refractivity contribution in [3.63, 3.8) is 0 Å². The standard InChI is InChI=1S/C35H44N4O15/c1-17(14-40)39-21-13-23(22(11-19(21)32(46)47)52-16-38-35(36)37-2)53-34-30(45)29(44)27(42)25(54-34)15-51-33(48)20-12-24(49-3)28(43)31(26(20)41)50-10-9-18-7-5-4-6-8-18/h4-8,11-13,17,25,27,29-30,34,39-45H,9-10,14-16H2,1-3H3,(H,46,47)(H3,36,37,38)/t17-,25-,27-,29+,30-,34+/m1/s1. The molecule has 19 heteroatoms. The minimum absolute atomic E-state index is 0.00241. The van der Waals surface area contributed by atoms with E-state index in [-0.39, 0.29) is 54.4 Å². The van der Waals surface area contributed by atoms with Crippen LogP contribution in [-0.4, -0.2) is 131 Å². The number of benzene rings is 3. The fourth-order valence-corrected chi connectivity index (χ4v) is 5.13. The second kappa shape index (κ2) is 18.9. The fraction of sp³-hybridized carbons (Fsp3) is 0.400. The number of phenolic OH excluding ortho intramolecular Hbond substituents is 2. The number of nitrogens with zero attached hydrogens (tertiary/aromatic N) is 1. The first-order valence-corrected chi connectivity index (χ1v) is 16.5. The molecule has 0 aliphatic carbocycles. The van der Waals surface area contributed by atoms with Gasteiger partial charge in [-0.1, -0.05) is 30.3 Å². The van der Waals surface area contributed by atoms with Gasteiger partial charge >= 0.3 is 11.9 Å². The van der Waals surface area contributed by atoms with E-state index in [0.29, 0.717) is 6.42 Å². The number of carbonyl (C=O) groups excluding carboxylic acids is 1. The molecule has 3 aromatic carbocycles. The molecule has 0 aromatic heterocycles. The van der Waals surface area contributed by atoms with Crippen molar-refractivity contribution in [3.8, 4) is 34.5 Å². The van der Waals surface area contributed by atoms with E-state index in [9.17, 15) is 45.3 Å². The van der Waals surface area contributed by atoms with Crippen LogP contribution >= 0.6 is 0 Å². The first kappa shape index (κ1) is 41.0. The molecule has 6 atom stereocenters. The molecule has 4 rings (SSSR count). The number of phenols is 2. The smallest absolute Gasteiger partial charge is 0.342 e. The number of esters is 1. The monoisotopic (exact) mass is 760 g/mol. The number of hydrogen-bond donors (Lipinski definition) is 10. The summed E-state index contributed by atoms with van der Waals surface area (Å²) < 4.78 is 33.3. The zero-order valence-electron chi connectivity index (χ0n) is 29.5. The Kier molecular flexibility index (Phi) is 14.3. The lowest BCUT2D eigenvalue weighted by atomic mass is 9.99. The summed E-state index contributed by atoms with van der Waals surface area (Å²) in [6, 6.07) is 11.9. The van der Waals surface area contributed by atoms with Gasteiger partial charge in [-0.15, -0.1) is 0 Å². The number of carboxylic acid groups (broad SMARTS) is 1. The summed E-state index contributed by atoms with van der Waals surface area (Å²) >= 11 is 0. The van der Waals surface area contributed by atoms with Crippen LogP contribution in [0.25, 0.3) is 0 Å². The molecular weight excluding hydrogens is 716 g/mol. The van der Waals surface area contributed by atoms with E-state index in [1.54, 1.807) is 6.92 Å². The van der Waals surface area contributed by atoms with Gasteiger partial charge in [0.2, 0.25) is 17.8 Å². The Labute approximate surface area is 309 Å². The molecule has 54 heavy (non-hydrogen) atoms. The van der Waals surface area contributed by atoms with Crippen molar-refractivity contribution in [3.05, 3.63) is 65.2 Å². The van der Waals surface area contributed by atoms with Crippen molar-refractivity contribution in [2.24, 2.45) is 10.7 Å². The first-order chi connectivity index (χ1) is 25.8. The number of methoxy groups -OCH3 is 1. The van der Waals surface area contributed by atoms with Crippen molar-refractivity contribution in [1.82, 2.24) is 5.32 Å². The van der Waals surface area contributed by atoms with Crippen LogP contribution in [0.2, 0.25) is 0 Å². The summed E-state index contributed by atoms with van der Waals surface area (Å²) in [4.78, 5) is 29.1. The van der Waals surface area contributed by atoms with Crippen LogP contribution in [0.15, 0.2) is 53.5 Å². The maximum Gasteiger partial charge on any atom is 0.342 e. The number of aliphatic hydroxyl groups excluding tert-OH is 4. The SMILES string of the molecule is CN=C(N)NCOc1cc(C(=O)O)c(N[C@H](C)CO)cc1O[C@H]1O[C@H](COC(=O)c2cc(OC)c(O)c(OCCc3ccccc3)c2O)[C@@H](O)[C@H](O)[C@H]1O. The number of nitrogens with one attached hydrogen (secondary N) is 2. The highest BCUT2D eigenvalue weighted by Crippen LogP contribution is 2.46. The molecule has 294 valence electrons. The van der Waals surface area contributed by atoms with Gasteiger partial charge in [-0.2, -0.15) is 0 Å². The third kappa shape index (κ3) is 10.0. The Morgan fingerprint density at radius 1 is 0.963 bits per heavy atom. The average Bonchev–Trinajstić information content (AvgIpc) is 3.16. The largest absolute Gasteiger partial charge is 0.504 e. The van der Waals surface area contributed by atoms with E-state index >= 15 is 0 Å². The zero-order valence-corrected chi connectivity index (χ0v) is 29.5. The molecule has 0 radical (unpaired) electrons. The number of aliphatic hydroxyl groups is 4. The predicted molar refractivity (Wildman–Crippen MR) is 189 cm³/mol. The third-order valence-electron chi connectivity index (χ3n) is 8.12. The highest BCUT2D eigenvalue weighted by atomic mass is 16.7. The summed E-state index contributed by atoms with van der Waals surface area (Å²) in [5, 5.41) is 78.7. The number of rotatable bonds is 17. The number of anilines is 1. The van der Waals surface area contributed by atoms with Gasteiger partial charge in [-0.05, 0) is 12.5 Å². The number of carbonyl (C=O) groups is 2. The summed E-state index contributed by atoms with van der Waals surface area (Å²) in [7, 11) is 2.64. The minimum atomic E-state index is -1.91. The summed E-state index contributed by atoms with van der Waals surface area (Å²) in [5.74, 6) is -4.91. The summed E-state index contributed by atoms with van der Waals surface area (Å²) in [6.07, 6.45) is -8.51. The number of aliphatic imine (C=N–C) groups is 1. The third-order valence-corrected chi connectivity index (χ3v) is 8.12. The van der Waals surface area contributed by atoms with Gasteiger partial charge in [0.25, 0.3) is 0 Å². The lowest BCUT2D eigenvalue weighted by Gasteiger charge is -2.40. The highest BCUT2D eigenvalue weighted by Gasteiger charge is 2.46. The van der Waals surface area contributed by atoms with E-state index in [0.717, 1.165) is 17.7 Å². The predicted octanol–water partition coefficient (Wildman–Crippen LogP) is 0.133. The van der Waals surface area contributed by atoms with Crippen molar-refractivity contribution in [2.75, 3.05) is 46.0 Å². The van der Waals surface area contributed by atoms with Gasteiger partial charge in [0, 0.05) is 37.7 Å². The molecule has 11 N–H and O–H groups in total. The average molecular weight is 761 g/mol. The number of nitrogens with two attached hydrogens (primary N) is 1. The second-order valence-electron chi connectivity index (χ2n) is 11.9. The molecule has 19 nitrogen and oxygen atoms in total. The molecule has 0 saturated carbocycles. The number of aromatic carboxylic acids is 1. The topological polar surface area (TPSA) is 294 Å². The van der Waals surface area contributed by atoms with Gasteiger partial charge in [0.1, 0.15) is 36.6 Å². The molecule has 1 fully saturated rings. The summed E-state index contributed by atoms with van der Waals surface area (Å²) in [5.41, 5.74) is 5.79. The molecule has 0 amide bonds. The molecular formula is C35H44N4O15. The van der Waals surface area contributed by atoms with E-state index in [2.05, 4.69) is 15.6 Å². The van der Waals surface area contributed by atoms with Crippen molar-refractivity contribution in [2.45, 2.75) is 50.1 Å². The molecule has 1 heterocycles. The molecule has 1 saturated heterocycles. The molecule has 1 aliphatic rings. The zero-order chi connectivity index (χ0) is 39.5. The number of guanidine groups is 1. The van der Waals surface area contributed by atoms with Crippen molar-refractivity contribution >= 4 is 23.6 Å². The first-order valence-electron chi connectivity index (χ1n) is 16.5. The van der Waals surface area contributed by atoms with E-state index in [1.807, 2.05) is 30.3 Å². The lowest BCUT2D eigenvalue weighted by Crippen LogP contribution is -2.60. The Hall–Kier alpha value is -5.73. The Morgan fingerprint density at radius 3 is 2.31 bits per heavy atom. The number of carboxylic acids is 1. The number of aromatic hydroxyl groups is 2. The maximum absolute atomic E-state index is 13.2. The Bertz CT molecular complexity index is 1780. The number of hydrogen-bond acceptors (Lipinski definition) is 16. The van der Waals surface area contributed by atoms with Gasteiger partial charge in [-0.25, -0.2) is 9.59 Å². The molecule has 0 unspecified atom stereocenters. The van der Waals surface area contributed by atoms with Gasteiger partial charge in [0.05, 0.1) is 31.6 Å². The molecule has 0 spiro atoms. The van der Waals surface area contributed by atoms with E-state index < -0.39 is 78.1 Å². The van der Waals surface area contributed by atoms with Crippen LogP contribution < -0.4 is 35.3 Å². The molecule has 3 aromatic rings. The summed E-state index contributed by atoms with van der Waals surface area (Å²) in [6.45, 7) is 0.162. The van der Waals surface area contributed by atoms with Crippen LogP contribution in [-0.2, 0) is 15.9 Å². The normalized spacial score (nSPS) is 20.4. The molecule has 1 aliphatic heterocycles. The van der Waals surface area contributed by atoms with Gasteiger partial charge in [-0.3, -0.25) is 4.99 Å². The van der Waals surface area contributed by atoms with Crippen LogP contribution in [0.1, 0.15) is 33.2 Å². The van der Waals surface area contributed by atoms with Crippen LogP contribution in [0.4, 0.5) is 5.69 Å². The minimum Gasteiger partial charge on any atom is -0.504 e. The van der Waals surface area contributed by atoms with E-state index in [4.69, 9.17) is 34.2 Å². The fourth-order valence-electron chi connectivity index (χ4n) is 5.13. The van der Waals surface area contributed by atoms with Crippen LogP contribution in [0.3, 0.4) is 0 Å². The highest BCUT2D eigenvalue weighted by molar-refractivity contribution is 5.96. The van der Waals surface area contributed by atoms with Gasteiger partial charge < -0.3 is 80.5 Å². The quantitative estimate of drug-likeness (QED) is 0.0379. The van der Waals surface area contributed by atoms with Gasteiger partial charge in [0.15, 0.2) is 35.7 Å². The molecule has 0 bridgehead atoms. The van der Waals surface area contributed by atoms with Crippen LogP contribution in [0, 0.1) is 0 Å². The second-order valence-corrected chi connectivity index (χ2v) is 11.9. The van der Waals surface area contributed by atoms with E-state index in [1.165, 1.54) is 20.2 Å².